The number of hydrogen-bond acceptors (Lipinski definition) is 5. The van der Waals surface area contributed by atoms with Crippen LogP contribution in [0.4, 0.5) is 5.95 Å². The fraction of sp³-hybridized carbons (Fsp3) is 0.375. The molecule has 0 bridgehead atoms. The third kappa shape index (κ3) is 1.51. The summed E-state index contributed by atoms with van der Waals surface area (Å²) in [6, 6.07) is 0.0589. The lowest BCUT2D eigenvalue weighted by Crippen LogP contribution is -2.21. The van der Waals surface area contributed by atoms with Crippen molar-refractivity contribution in [3.8, 4) is 0 Å². The third-order valence-corrected chi connectivity index (χ3v) is 1.86. The molecule has 6 nitrogen and oxygen atoms in total. The van der Waals surface area contributed by atoms with E-state index in [2.05, 4.69) is 15.0 Å². The molecule has 0 aliphatic rings. The summed E-state index contributed by atoms with van der Waals surface area (Å²) < 4.78 is 1.87. The molecule has 2 rings (SSSR count). The zero-order valence-electron chi connectivity index (χ0n) is 7.88. The van der Waals surface area contributed by atoms with Crippen LogP contribution in [0.1, 0.15) is 6.92 Å². The van der Waals surface area contributed by atoms with Crippen molar-refractivity contribution in [3.05, 3.63) is 12.5 Å². The molecule has 0 spiro atoms. The Balaban J connectivity index is 2.50. The van der Waals surface area contributed by atoms with Gasteiger partial charge in [0, 0.05) is 12.6 Å². The van der Waals surface area contributed by atoms with Crippen molar-refractivity contribution in [1.82, 2.24) is 19.5 Å². The van der Waals surface area contributed by atoms with Gasteiger partial charge in [-0.25, -0.2) is 9.97 Å². The van der Waals surface area contributed by atoms with Crippen LogP contribution in [0, 0.1) is 0 Å². The molecule has 0 saturated carbocycles. The standard InChI is InChI=1S/C8H12N6/c1-5(9)3-14-4-12-6-2-11-8(10)13-7(6)14/h2,4-5H,3,9H2,1H3,(H2,10,11,13). The van der Waals surface area contributed by atoms with Gasteiger partial charge in [0.25, 0.3) is 0 Å². The van der Waals surface area contributed by atoms with E-state index in [0.29, 0.717) is 6.54 Å². The summed E-state index contributed by atoms with van der Waals surface area (Å²) >= 11 is 0. The van der Waals surface area contributed by atoms with E-state index < -0.39 is 0 Å². The molecule has 0 saturated heterocycles. The number of rotatable bonds is 2. The van der Waals surface area contributed by atoms with Crippen LogP contribution in [-0.2, 0) is 6.54 Å². The van der Waals surface area contributed by atoms with Crippen molar-refractivity contribution >= 4 is 17.1 Å². The minimum atomic E-state index is 0.0589. The van der Waals surface area contributed by atoms with Gasteiger partial charge in [0.15, 0.2) is 5.65 Å². The molecule has 0 amide bonds. The van der Waals surface area contributed by atoms with E-state index in [9.17, 15) is 0 Å². The Morgan fingerprint density at radius 2 is 2.29 bits per heavy atom. The smallest absolute Gasteiger partial charge is 0.222 e. The van der Waals surface area contributed by atoms with Crippen LogP contribution < -0.4 is 11.5 Å². The Hall–Kier alpha value is -1.69. The van der Waals surface area contributed by atoms with Crippen LogP contribution in [0.5, 0.6) is 0 Å². The molecule has 2 aromatic rings. The Bertz CT molecular complexity index is 446. The first-order chi connectivity index (χ1) is 6.66. The number of fused-ring (bicyclic) bond motifs is 1. The number of nitrogens with zero attached hydrogens (tertiary/aromatic N) is 4. The molecular formula is C8H12N6. The number of nitrogen functional groups attached to an aromatic ring is 1. The van der Waals surface area contributed by atoms with Crippen LogP contribution in [0.3, 0.4) is 0 Å². The van der Waals surface area contributed by atoms with E-state index in [4.69, 9.17) is 11.5 Å². The molecule has 1 unspecified atom stereocenters. The molecule has 1 atom stereocenters. The van der Waals surface area contributed by atoms with Gasteiger partial charge >= 0.3 is 0 Å². The lowest BCUT2D eigenvalue weighted by atomic mass is 10.3. The number of imidazole rings is 1. The van der Waals surface area contributed by atoms with E-state index in [1.54, 1.807) is 12.5 Å². The molecular weight excluding hydrogens is 180 g/mol. The monoisotopic (exact) mass is 192 g/mol. The molecule has 74 valence electrons. The van der Waals surface area contributed by atoms with Crippen LogP contribution in [0.15, 0.2) is 12.5 Å². The quantitative estimate of drug-likeness (QED) is 0.684. The predicted octanol–water partition coefficient (Wildman–Crippen LogP) is -0.244. The van der Waals surface area contributed by atoms with Crippen LogP contribution in [0.25, 0.3) is 11.2 Å². The summed E-state index contributed by atoms with van der Waals surface area (Å²) in [6.07, 6.45) is 3.30. The largest absolute Gasteiger partial charge is 0.368 e. The SMILES string of the molecule is CC(N)Cn1cnc2cnc(N)nc21. The summed E-state index contributed by atoms with van der Waals surface area (Å²) in [6.45, 7) is 2.60. The maximum Gasteiger partial charge on any atom is 0.222 e. The van der Waals surface area contributed by atoms with Gasteiger partial charge in [0.05, 0.1) is 12.5 Å². The van der Waals surface area contributed by atoms with Gasteiger partial charge in [-0.2, -0.15) is 4.98 Å². The Kier molecular flexibility index (Phi) is 2.05. The first-order valence-corrected chi connectivity index (χ1v) is 4.36. The summed E-state index contributed by atoms with van der Waals surface area (Å²) in [5.74, 6) is 0.254. The van der Waals surface area contributed by atoms with Gasteiger partial charge in [-0.15, -0.1) is 0 Å². The Morgan fingerprint density at radius 3 is 3.00 bits per heavy atom. The predicted molar refractivity (Wildman–Crippen MR) is 53.4 cm³/mol. The normalized spacial score (nSPS) is 13.3. The summed E-state index contributed by atoms with van der Waals surface area (Å²) in [7, 11) is 0. The highest BCUT2D eigenvalue weighted by Gasteiger charge is 2.06. The van der Waals surface area contributed by atoms with E-state index in [1.807, 2.05) is 11.5 Å². The summed E-state index contributed by atoms with van der Waals surface area (Å²) in [5.41, 5.74) is 12.6. The molecule has 0 radical (unpaired) electrons. The first kappa shape index (κ1) is 8.89. The lowest BCUT2D eigenvalue weighted by Gasteiger charge is -2.06. The van der Waals surface area contributed by atoms with E-state index >= 15 is 0 Å². The van der Waals surface area contributed by atoms with Crippen LogP contribution in [0.2, 0.25) is 0 Å². The first-order valence-electron chi connectivity index (χ1n) is 4.36. The maximum atomic E-state index is 5.69. The molecule has 14 heavy (non-hydrogen) atoms. The summed E-state index contributed by atoms with van der Waals surface area (Å²) in [5, 5.41) is 0. The maximum absolute atomic E-state index is 5.69. The van der Waals surface area contributed by atoms with Crippen molar-refractivity contribution in [1.29, 1.82) is 0 Å². The average molecular weight is 192 g/mol. The number of nitrogens with two attached hydrogens (primary N) is 2. The van der Waals surface area contributed by atoms with Crippen molar-refractivity contribution in [2.75, 3.05) is 5.73 Å². The zero-order chi connectivity index (χ0) is 10.1. The fourth-order valence-electron chi connectivity index (χ4n) is 1.31. The van der Waals surface area contributed by atoms with Gasteiger partial charge in [0.1, 0.15) is 5.52 Å². The average Bonchev–Trinajstić information content (AvgIpc) is 2.47. The highest BCUT2D eigenvalue weighted by Crippen LogP contribution is 2.09. The van der Waals surface area contributed by atoms with Crippen molar-refractivity contribution in [3.63, 3.8) is 0 Å². The molecule has 0 aliphatic carbocycles. The van der Waals surface area contributed by atoms with Gasteiger partial charge in [-0.3, -0.25) is 0 Å². The summed E-state index contributed by atoms with van der Waals surface area (Å²) in [4.78, 5) is 12.1. The van der Waals surface area contributed by atoms with Gasteiger partial charge < -0.3 is 16.0 Å². The number of aromatic nitrogens is 4. The highest BCUT2D eigenvalue weighted by molar-refractivity contribution is 5.70. The van der Waals surface area contributed by atoms with Crippen LogP contribution in [-0.4, -0.2) is 25.6 Å². The van der Waals surface area contributed by atoms with E-state index in [1.165, 1.54) is 0 Å². The second-order valence-corrected chi connectivity index (χ2v) is 3.31. The minimum absolute atomic E-state index is 0.0589. The lowest BCUT2D eigenvalue weighted by molar-refractivity contribution is 0.598. The topological polar surface area (TPSA) is 95.6 Å². The van der Waals surface area contributed by atoms with Crippen molar-refractivity contribution < 1.29 is 0 Å². The second-order valence-electron chi connectivity index (χ2n) is 3.31. The fourth-order valence-corrected chi connectivity index (χ4v) is 1.31. The highest BCUT2D eigenvalue weighted by atomic mass is 15.1. The molecule has 0 aromatic carbocycles. The second kappa shape index (κ2) is 3.22. The van der Waals surface area contributed by atoms with Gasteiger partial charge in [-0.1, -0.05) is 0 Å². The minimum Gasteiger partial charge on any atom is -0.368 e. The zero-order valence-corrected chi connectivity index (χ0v) is 7.88. The van der Waals surface area contributed by atoms with Crippen molar-refractivity contribution in [2.45, 2.75) is 19.5 Å². The van der Waals surface area contributed by atoms with E-state index in [-0.39, 0.29) is 12.0 Å². The molecule has 2 heterocycles. The third-order valence-electron chi connectivity index (χ3n) is 1.86. The molecule has 4 N–H and O–H groups in total. The molecule has 0 aliphatic heterocycles. The van der Waals surface area contributed by atoms with E-state index in [0.717, 1.165) is 11.2 Å². The van der Waals surface area contributed by atoms with Crippen LogP contribution >= 0.6 is 0 Å². The number of hydrogen-bond donors (Lipinski definition) is 2. The Morgan fingerprint density at radius 1 is 1.50 bits per heavy atom. The number of anilines is 1. The van der Waals surface area contributed by atoms with Crippen molar-refractivity contribution in [2.24, 2.45) is 5.73 Å². The van der Waals surface area contributed by atoms with Gasteiger partial charge in [0.2, 0.25) is 5.95 Å². The molecule has 2 aromatic heterocycles. The van der Waals surface area contributed by atoms with Gasteiger partial charge in [-0.05, 0) is 6.92 Å². The molecule has 6 heteroatoms. The Labute approximate surface area is 81.0 Å². The molecule has 0 fully saturated rings.